The third-order valence-electron chi connectivity index (χ3n) is 2.99. The highest BCUT2D eigenvalue weighted by molar-refractivity contribution is 7.90. The van der Waals surface area contributed by atoms with Crippen LogP contribution in [-0.2, 0) is 21.2 Å². The predicted molar refractivity (Wildman–Crippen MR) is 84.5 cm³/mol. The second kappa shape index (κ2) is 6.94. The highest BCUT2D eigenvalue weighted by Gasteiger charge is 2.18. The van der Waals surface area contributed by atoms with E-state index < -0.39 is 15.9 Å². The minimum atomic E-state index is -3.57. The smallest absolute Gasteiger partial charge is 0.411 e. The summed E-state index contributed by atoms with van der Waals surface area (Å²) in [4.78, 5) is 11.7. The molecule has 1 N–H and O–H groups in total. The van der Waals surface area contributed by atoms with Crippen LogP contribution < -0.4 is 5.32 Å². The molecule has 0 aromatic heterocycles. The first-order chi connectivity index (χ1) is 10.9. The Labute approximate surface area is 134 Å². The van der Waals surface area contributed by atoms with Gasteiger partial charge in [-0.15, -0.1) is 0 Å². The van der Waals surface area contributed by atoms with Gasteiger partial charge in [-0.1, -0.05) is 36.4 Å². The molecule has 0 atom stereocenters. The van der Waals surface area contributed by atoms with Gasteiger partial charge in [0.05, 0.1) is 16.1 Å². The zero-order valence-corrected chi connectivity index (χ0v) is 13.1. The van der Waals surface area contributed by atoms with Gasteiger partial charge in [-0.2, -0.15) is 5.26 Å². The fraction of sp³-hybridized carbons (Fsp3) is 0.125. The molecule has 118 valence electrons. The number of nitrogens with zero attached hydrogens (tertiary/aromatic N) is 1. The van der Waals surface area contributed by atoms with Gasteiger partial charge in [0.15, 0.2) is 9.84 Å². The first-order valence-electron chi connectivity index (χ1n) is 6.62. The minimum absolute atomic E-state index is 0.0698. The van der Waals surface area contributed by atoms with Crippen LogP contribution in [0, 0.1) is 11.3 Å². The summed E-state index contributed by atoms with van der Waals surface area (Å²) in [6.07, 6.45) is 0.233. The Morgan fingerprint density at radius 1 is 1.17 bits per heavy atom. The molecule has 0 spiro atoms. The Hall–Kier alpha value is -2.85. The predicted octanol–water partition coefficient (Wildman–Crippen LogP) is 2.71. The first kappa shape index (κ1) is 16.5. The van der Waals surface area contributed by atoms with Crippen LogP contribution in [0.3, 0.4) is 0 Å². The molecule has 0 bridgehead atoms. The average molecular weight is 330 g/mol. The number of carbonyl (C=O) groups excluding carboxylic acids is 1. The van der Waals surface area contributed by atoms with E-state index in [0.717, 1.165) is 11.8 Å². The van der Waals surface area contributed by atoms with Crippen LogP contribution >= 0.6 is 0 Å². The Morgan fingerprint density at radius 3 is 2.48 bits per heavy atom. The van der Waals surface area contributed by atoms with Gasteiger partial charge in [-0.05, 0) is 17.7 Å². The van der Waals surface area contributed by atoms with Crippen molar-refractivity contribution in [2.24, 2.45) is 0 Å². The van der Waals surface area contributed by atoms with Gasteiger partial charge in [-0.25, -0.2) is 13.2 Å². The summed E-state index contributed by atoms with van der Waals surface area (Å²) in [5.41, 5.74) is 0.785. The third kappa shape index (κ3) is 4.31. The number of benzene rings is 2. The first-order valence-corrected chi connectivity index (χ1v) is 8.52. The number of hydrogen-bond donors (Lipinski definition) is 1. The second-order valence-electron chi connectivity index (χ2n) is 4.75. The molecule has 0 saturated heterocycles. The van der Waals surface area contributed by atoms with Crippen molar-refractivity contribution in [3.8, 4) is 6.07 Å². The topological polar surface area (TPSA) is 96.3 Å². The van der Waals surface area contributed by atoms with E-state index in [1.165, 1.54) is 18.2 Å². The Morgan fingerprint density at radius 2 is 1.87 bits per heavy atom. The van der Waals surface area contributed by atoms with E-state index in [2.05, 4.69) is 5.32 Å². The number of carbonyl (C=O) groups is 1. The molecular weight excluding hydrogens is 316 g/mol. The molecule has 0 heterocycles. The molecule has 2 aromatic rings. The number of sulfone groups is 1. The summed E-state index contributed by atoms with van der Waals surface area (Å²) in [5, 5.41) is 11.6. The summed E-state index contributed by atoms with van der Waals surface area (Å²) in [6, 6.07) is 15.1. The van der Waals surface area contributed by atoms with E-state index in [9.17, 15) is 18.5 Å². The molecule has 1 amide bonds. The SMILES string of the molecule is CS(=O)(=O)c1cccc(NC(=O)OCc2ccccc2)c1C#N. The van der Waals surface area contributed by atoms with Crippen molar-refractivity contribution in [1.82, 2.24) is 0 Å². The lowest BCUT2D eigenvalue weighted by atomic mass is 10.2. The maximum Gasteiger partial charge on any atom is 0.411 e. The Balaban J connectivity index is 2.14. The zero-order chi connectivity index (χ0) is 16.9. The van der Waals surface area contributed by atoms with Crippen molar-refractivity contribution in [2.75, 3.05) is 11.6 Å². The number of nitriles is 1. The molecule has 7 heteroatoms. The van der Waals surface area contributed by atoms with Crippen LogP contribution in [0.4, 0.5) is 10.5 Å². The molecule has 6 nitrogen and oxygen atoms in total. The molecule has 23 heavy (non-hydrogen) atoms. The van der Waals surface area contributed by atoms with E-state index in [-0.39, 0.29) is 22.8 Å². The van der Waals surface area contributed by atoms with Crippen LogP contribution in [0.25, 0.3) is 0 Å². The molecule has 0 fully saturated rings. The van der Waals surface area contributed by atoms with Gasteiger partial charge >= 0.3 is 6.09 Å². The zero-order valence-electron chi connectivity index (χ0n) is 12.3. The summed E-state index contributed by atoms with van der Waals surface area (Å²) >= 11 is 0. The van der Waals surface area contributed by atoms with Crippen LogP contribution in [0.1, 0.15) is 11.1 Å². The molecule has 0 unspecified atom stereocenters. The molecule has 0 radical (unpaired) electrons. The van der Waals surface area contributed by atoms with Crippen molar-refractivity contribution >= 4 is 21.6 Å². The van der Waals surface area contributed by atoms with Gasteiger partial charge in [0.2, 0.25) is 0 Å². The average Bonchev–Trinajstić information content (AvgIpc) is 2.53. The fourth-order valence-corrected chi connectivity index (χ4v) is 2.78. The quantitative estimate of drug-likeness (QED) is 0.929. The van der Waals surface area contributed by atoms with Gasteiger partial charge < -0.3 is 4.74 Å². The van der Waals surface area contributed by atoms with E-state index in [0.29, 0.717) is 0 Å². The minimum Gasteiger partial charge on any atom is -0.444 e. The molecule has 0 aliphatic rings. The summed E-state index contributed by atoms with van der Waals surface area (Å²) in [5.74, 6) is 0. The molecule has 0 aliphatic heterocycles. The van der Waals surface area contributed by atoms with Crippen LogP contribution in [-0.4, -0.2) is 20.8 Å². The van der Waals surface area contributed by atoms with E-state index >= 15 is 0 Å². The molecular formula is C16H14N2O4S. The molecule has 2 rings (SSSR count). The standard InChI is InChI=1S/C16H14N2O4S/c1-23(20,21)15-9-5-8-14(13(15)10-17)18-16(19)22-11-12-6-3-2-4-7-12/h2-9H,11H2,1H3,(H,18,19). The van der Waals surface area contributed by atoms with Crippen molar-refractivity contribution in [2.45, 2.75) is 11.5 Å². The molecule has 0 aliphatic carbocycles. The third-order valence-corrected chi connectivity index (χ3v) is 4.13. The summed E-state index contributed by atoms with van der Waals surface area (Å²) in [6.45, 7) is 0.0698. The monoisotopic (exact) mass is 330 g/mol. The molecule has 0 saturated carbocycles. The van der Waals surface area contributed by atoms with E-state index in [4.69, 9.17) is 4.74 Å². The second-order valence-corrected chi connectivity index (χ2v) is 6.73. The maximum atomic E-state index is 11.8. The number of nitrogens with one attached hydrogen (secondary N) is 1. The van der Waals surface area contributed by atoms with Crippen LogP contribution in [0.2, 0.25) is 0 Å². The van der Waals surface area contributed by atoms with Crippen molar-refractivity contribution in [1.29, 1.82) is 5.26 Å². The number of hydrogen-bond acceptors (Lipinski definition) is 5. The van der Waals surface area contributed by atoms with Crippen LogP contribution in [0.5, 0.6) is 0 Å². The lowest BCUT2D eigenvalue weighted by molar-refractivity contribution is 0.155. The lowest BCUT2D eigenvalue weighted by Gasteiger charge is -2.10. The van der Waals surface area contributed by atoms with E-state index in [1.807, 2.05) is 18.2 Å². The molecule has 2 aromatic carbocycles. The van der Waals surface area contributed by atoms with Gasteiger partial charge in [0.25, 0.3) is 0 Å². The maximum absolute atomic E-state index is 11.8. The fourth-order valence-electron chi connectivity index (χ4n) is 1.93. The van der Waals surface area contributed by atoms with Crippen molar-refractivity contribution < 1.29 is 17.9 Å². The van der Waals surface area contributed by atoms with Crippen LogP contribution in [0.15, 0.2) is 53.4 Å². The Kier molecular flexibility index (Phi) is 4.98. The largest absolute Gasteiger partial charge is 0.444 e. The number of amides is 1. The summed E-state index contributed by atoms with van der Waals surface area (Å²) in [7, 11) is -3.57. The highest BCUT2D eigenvalue weighted by Crippen LogP contribution is 2.23. The van der Waals surface area contributed by atoms with Gasteiger partial charge in [0, 0.05) is 6.26 Å². The van der Waals surface area contributed by atoms with Crippen molar-refractivity contribution in [3.63, 3.8) is 0 Å². The van der Waals surface area contributed by atoms with Gasteiger partial charge in [-0.3, -0.25) is 5.32 Å². The van der Waals surface area contributed by atoms with Crippen molar-refractivity contribution in [3.05, 3.63) is 59.7 Å². The highest BCUT2D eigenvalue weighted by atomic mass is 32.2. The lowest BCUT2D eigenvalue weighted by Crippen LogP contribution is -2.15. The van der Waals surface area contributed by atoms with Gasteiger partial charge in [0.1, 0.15) is 12.7 Å². The Bertz CT molecular complexity index is 855. The number of anilines is 1. The number of ether oxygens (including phenoxy) is 1. The normalized spacial score (nSPS) is 10.6. The van der Waals surface area contributed by atoms with E-state index in [1.54, 1.807) is 18.2 Å². The number of rotatable bonds is 4. The summed E-state index contributed by atoms with van der Waals surface area (Å²) < 4.78 is 28.4.